The highest BCUT2D eigenvalue weighted by Gasteiger charge is 2.52. The van der Waals surface area contributed by atoms with E-state index in [1.165, 1.54) is 11.1 Å². The van der Waals surface area contributed by atoms with Crippen LogP contribution in [-0.2, 0) is 22.4 Å². The van der Waals surface area contributed by atoms with Gasteiger partial charge in [0.1, 0.15) is 0 Å². The minimum absolute atomic E-state index is 0.0633. The summed E-state index contributed by atoms with van der Waals surface area (Å²) in [5.41, 5.74) is 9.49. The fourth-order valence-corrected chi connectivity index (χ4v) is 11.0. The highest BCUT2D eigenvalue weighted by molar-refractivity contribution is 6.39. The molecule has 2 aliphatic carbocycles. The SMILES string of the molecule is COc1nc(-c2cccc(-c3cccc(-c4cc5c(c(OC)n4)[C@@H](N4CC6(CCC(=O)N6)C4)CC5)c3Cl)c2Cl)cc2c1[C@H](N1CC3(CNC(=O)C3)C1)CC2. The molecule has 10 nitrogen and oxygen atoms in total. The van der Waals surface area contributed by atoms with Crippen LogP contribution in [0.3, 0.4) is 0 Å². The van der Waals surface area contributed by atoms with Crippen molar-refractivity contribution < 1.29 is 19.1 Å². The molecule has 12 heteroatoms. The summed E-state index contributed by atoms with van der Waals surface area (Å²) in [5, 5.41) is 7.35. The van der Waals surface area contributed by atoms with Gasteiger partial charge in [-0.05, 0) is 55.4 Å². The minimum atomic E-state index is -0.0755. The summed E-state index contributed by atoms with van der Waals surface area (Å²) in [7, 11) is 3.36. The number of fused-ring (bicyclic) bond motifs is 2. The van der Waals surface area contributed by atoms with Crippen LogP contribution in [0, 0.1) is 5.41 Å². The molecule has 0 radical (unpaired) electrons. The number of nitrogens with one attached hydrogen (secondary N) is 2. The van der Waals surface area contributed by atoms with Crippen molar-refractivity contribution >= 4 is 35.0 Å². The smallest absolute Gasteiger partial charge is 0.220 e. The molecule has 0 unspecified atom stereocenters. The van der Waals surface area contributed by atoms with Gasteiger partial charge in [0.25, 0.3) is 0 Å². The van der Waals surface area contributed by atoms with Crippen LogP contribution in [0.5, 0.6) is 11.8 Å². The van der Waals surface area contributed by atoms with E-state index in [0.717, 1.165) is 110 Å². The maximum atomic E-state index is 11.9. The number of nitrogens with zero attached hydrogens (tertiary/aromatic N) is 4. The van der Waals surface area contributed by atoms with E-state index >= 15 is 0 Å². The molecule has 4 fully saturated rings. The fourth-order valence-electron chi connectivity index (χ4n) is 10.3. The molecule has 2 atom stereocenters. The van der Waals surface area contributed by atoms with Crippen molar-refractivity contribution in [2.45, 2.75) is 62.6 Å². The van der Waals surface area contributed by atoms with E-state index < -0.39 is 0 Å². The molecule has 54 heavy (non-hydrogen) atoms. The Kier molecular flexibility index (Phi) is 8.04. The number of pyridine rings is 2. The summed E-state index contributed by atoms with van der Waals surface area (Å²) in [6.07, 6.45) is 5.95. The maximum Gasteiger partial charge on any atom is 0.220 e. The normalized spacial score (nSPS) is 23.6. The number of halogens is 2. The first kappa shape index (κ1) is 34.3. The van der Waals surface area contributed by atoms with E-state index in [0.29, 0.717) is 34.6 Å². The number of amides is 2. The number of carbonyl (C=O) groups is 2. The lowest BCUT2D eigenvalue weighted by atomic mass is 9.77. The summed E-state index contributed by atoms with van der Waals surface area (Å²) in [6, 6.07) is 16.7. The number of hydrogen-bond acceptors (Lipinski definition) is 8. The molecule has 4 aliphatic heterocycles. The number of benzene rings is 2. The fraction of sp³-hybridized carbons (Fsp3) is 0.429. The van der Waals surface area contributed by atoms with Crippen molar-refractivity contribution in [2.24, 2.45) is 5.41 Å². The molecule has 10 rings (SSSR count). The number of likely N-dealkylation sites (tertiary alicyclic amines) is 2. The molecular weight excluding hydrogens is 723 g/mol. The van der Waals surface area contributed by atoms with E-state index in [9.17, 15) is 9.59 Å². The third kappa shape index (κ3) is 5.35. The van der Waals surface area contributed by atoms with Crippen LogP contribution in [-0.4, -0.2) is 84.1 Å². The van der Waals surface area contributed by atoms with Crippen LogP contribution in [0.15, 0.2) is 48.5 Å². The Balaban J connectivity index is 0.937. The average Bonchev–Trinajstić information content (AvgIpc) is 3.95. The topological polar surface area (TPSA) is 109 Å². The summed E-state index contributed by atoms with van der Waals surface area (Å²) < 4.78 is 11.9. The summed E-state index contributed by atoms with van der Waals surface area (Å²) in [4.78, 5) is 38.9. The van der Waals surface area contributed by atoms with Crippen LogP contribution < -0.4 is 20.1 Å². The number of hydrogen-bond donors (Lipinski definition) is 2. The first-order chi connectivity index (χ1) is 26.2. The Hall–Kier alpha value is -4.22. The molecule has 2 aromatic carbocycles. The molecule has 0 saturated carbocycles. The maximum absolute atomic E-state index is 11.9. The quantitative estimate of drug-likeness (QED) is 0.218. The number of aryl methyl sites for hydroxylation is 2. The van der Waals surface area contributed by atoms with Crippen molar-refractivity contribution in [3.8, 4) is 45.4 Å². The molecule has 2 amide bonds. The van der Waals surface area contributed by atoms with Gasteiger partial charge in [-0.2, -0.15) is 0 Å². The van der Waals surface area contributed by atoms with Gasteiger partial charge in [-0.15, -0.1) is 0 Å². The van der Waals surface area contributed by atoms with Gasteiger partial charge in [-0.3, -0.25) is 19.4 Å². The summed E-state index contributed by atoms with van der Waals surface area (Å²) in [5.74, 6) is 1.57. The largest absolute Gasteiger partial charge is 0.481 e. The lowest BCUT2D eigenvalue weighted by Crippen LogP contribution is -2.67. The van der Waals surface area contributed by atoms with Gasteiger partial charge in [-0.25, -0.2) is 9.97 Å². The summed E-state index contributed by atoms with van der Waals surface area (Å²) >= 11 is 14.6. The molecule has 2 spiro atoms. The van der Waals surface area contributed by atoms with Gasteiger partial charge in [0, 0.05) is 96.4 Å². The Bertz CT molecular complexity index is 2090. The zero-order valence-corrected chi connectivity index (χ0v) is 31.9. The Labute approximate surface area is 324 Å². The zero-order valence-electron chi connectivity index (χ0n) is 30.4. The lowest BCUT2D eigenvalue weighted by molar-refractivity contribution is -0.121. The molecule has 6 aliphatic rings. The van der Waals surface area contributed by atoms with Gasteiger partial charge in [0.05, 0.1) is 41.2 Å². The predicted octanol–water partition coefficient (Wildman–Crippen LogP) is 6.56. The Morgan fingerprint density at radius 1 is 0.722 bits per heavy atom. The predicted molar refractivity (Wildman–Crippen MR) is 207 cm³/mol. The molecule has 278 valence electrons. The van der Waals surface area contributed by atoms with Crippen LogP contribution in [0.1, 0.15) is 66.4 Å². The third-order valence-electron chi connectivity index (χ3n) is 12.9. The van der Waals surface area contributed by atoms with Crippen molar-refractivity contribution in [2.75, 3.05) is 46.9 Å². The van der Waals surface area contributed by atoms with Crippen molar-refractivity contribution in [3.63, 3.8) is 0 Å². The highest BCUT2D eigenvalue weighted by atomic mass is 35.5. The third-order valence-corrected chi connectivity index (χ3v) is 13.7. The average molecular weight is 766 g/mol. The lowest BCUT2D eigenvalue weighted by Gasteiger charge is -2.50. The number of ether oxygens (including phenoxy) is 2. The minimum Gasteiger partial charge on any atom is -0.481 e. The Morgan fingerprint density at radius 2 is 1.24 bits per heavy atom. The van der Waals surface area contributed by atoms with E-state index in [-0.39, 0.29) is 34.9 Å². The molecule has 2 aromatic heterocycles. The van der Waals surface area contributed by atoms with Crippen molar-refractivity contribution in [1.82, 2.24) is 30.4 Å². The number of aromatic nitrogens is 2. The molecule has 0 bridgehead atoms. The summed E-state index contributed by atoms with van der Waals surface area (Å²) in [6.45, 7) is 4.29. The number of rotatable bonds is 7. The molecule has 6 heterocycles. The first-order valence-electron chi connectivity index (χ1n) is 19.0. The number of carbonyl (C=O) groups excluding carboxylic acids is 2. The van der Waals surface area contributed by atoms with Crippen LogP contribution in [0.25, 0.3) is 33.6 Å². The van der Waals surface area contributed by atoms with E-state index in [1.807, 2.05) is 36.4 Å². The van der Waals surface area contributed by atoms with E-state index in [2.05, 4.69) is 32.6 Å². The van der Waals surface area contributed by atoms with Gasteiger partial charge in [-0.1, -0.05) is 59.6 Å². The van der Waals surface area contributed by atoms with Crippen LogP contribution in [0.2, 0.25) is 10.0 Å². The van der Waals surface area contributed by atoms with E-state index in [1.54, 1.807) is 14.2 Å². The molecule has 2 N–H and O–H groups in total. The van der Waals surface area contributed by atoms with Gasteiger partial charge in [0.2, 0.25) is 23.6 Å². The monoisotopic (exact) mass is 764 g/mol. The van der Waals surface area contributed by atoms with Crippen LogP contribution in [0.4, 0.5) is 0 Å². The van der Waals surface area contributed by atoms with Crippen LogP contribution >= 0.6 is 23.2 Å². The van der Waals surface area contributed by atoms with E-state index in [4.69, 9.17) is 42.6 Å². The number of methoxy groups -OCH3 is 2. The second-order valence-corrected chi connectivity index (χ2v) is 17.0. The zero-order chi connectivity index (χ0) is 36.9. The molecule has 4 saturated heterocycles. The Morgan fingerprint density at radius 3 is 1.70 bits per heavy atom. The van der Waals surface area contributed by atoms with Gasteiger partial charge < -0.3 is 20.1 Å². The second kappa shape index (κ2) is 12.7. The van der Waals surface area contributed by atoms with Gasteiger partial charge >= 0.3 is 0 Å². The van der Waals surface area contributed by atoms with Crippen molar-refractivity contribution in [3.05, 3.63) is 80.8 Å². The standard InChI is InChI=1S/C42H42Cl2N6O4/c1-53-39-35-23(9-11-31(35)49-19-41(20-49)17-34(52)45-18-41)15-29(46-39)27-7-3-5-25(37(27)43)26-6-4-8-28(38(26)44)30-16-24-10-12-32(36(24)40(47-30)54-2)50-21-42(22-50)14-13-33(51)48-42/h3-8,15-16,31-32H,9-14,17-22H2,1-2H3,(H,45,52)(H,48,51)/t31-,32+/m1/s1. The highest BCUT2D eigenvalue weighted by Crippen LogP contribution is 2.51. The van der Waals surface area contributed by atoms with Gasteiger partial charge in [0.15, 0.2) is 0 Å². The van der Waals surface area contributed by atoms with Crippen molar-refractivity contribution in [1.29, 1.82) is 0 Å². The first-order valence-corrected chi connectivity index (χ1v) is 19.7. The second-order valence-electron chi connectivity index (χ2n) is 16.2. The molecule has 4 aromatic rings. The molecular formula is C42H42Cl2N6O4.